The molecule has 2 rings (SSSR count). The van der Waals surface area contributed by atoms with Gasteiger partial charge in [-0.2, -0.15) is 0 Å². The second-order valence-corrected chi connectivity index (χ2v) is 6.95. The molecule has 1 saturated carbocycles. The van der Waals surface area contributed by atoms with E-state index in [-0.39, 0.29) is 11.4 Å². The summed E-state index contributed by atoms with van der Waals surface area (Å²) in [5.41, 5.74) is 2.63. The minimum Gasteiger partial charge on any atom is -0.384 e. The molecule has 2 amide bonds. The van der Waals surface area contributed by atoms with Crippen LogP contribution >= 0.6 is 0 Å². The third-order valence-corrected chi connectivity index (χ3v) is 4.38. The summed E-state index contributed by atoms with van der Waals surface area (Å²) in [6.07, 6.45) is 2.27. The number of nitrogens with zero attached hydrogens (tertiary/aromatic N) is 2. The minimum absolute atomic E-state index is 0.0213. The fourth-order valence-corrected chi connectivity index (χ4v) is 2.79. The molecule has 23 heavy (non-hydrogen) atoms. The Morgan fingerprint density at radius 3 is 2.30 bits per heavy atom. The zero-order valence-electron chi connectivity index (χ0n) is 14.8. The summed E-state index contributed by atoms with van der Waals surface area (Å²) in [5, 5.41) is 3.05. The van der Waals surface area contributed by atoms with E-state index in [0.717, 1.165) is 26.0 Å². The third-order valence-electron chi connectivity index (χ3n) is 4.38. The lowest BCUT2D eigenvalue weighted by atomic mass is 10.1. The summed E-state index contributed by atoms with van der Waals surface area (Å²) in [6.45, 7) is 2.92. The Kier molecular flexibility index (Phi) is 6.02. The predicted octanol–water partition coefficient (Wildman–Crippen LogP) is 2.32. The lowest BCUT2D eigenvalue weighted by Crippen LogP contribution is -2.40. The van der Waals surface area contributed by atoms with Crippen LogP contribution in [0.3, 0.4) is 0 Å². The van der Waals surface area contributed by atoms with Crippen molar-refractivity contribution in [3.63, 3.8) is 0 Å². The van der Waals surface area contributed by atoms with Crippen molar-refractivity contribution in [2.75, 3.05) is 41.4 Å². The second kappa shape index (κ2) is 7.79. The van der Waals surface area contributed by atoms with Crippen LogP contribution < -0.4 is 5.32 Å². The summed E-state index contributed by atoms with van der Waals surface area (Å²) in [4.78, 5) is 16.2. The molecule has 1 aromatic carbocycles. The van der Waals surface area contributed by atoms with Gasteiger partial charge in [-0.05, 0) is 38.1 Å². The van der Waals surface area contributed by atoms with Crippen molar-refractivity contribution in [2.45, 2.75) is 25.9 Å². The van der Waals surface area contributed by atoms with Crippen LogP contribution in [-0.4, -0.2) is 57.2 Å². The monoisotopic (exact) mass is 319 g/mol. The number of hydrogen-bond donors (Lipinski definition) is 1. The van der Waals surface area contributed by atoms with E-state index >= 15 is 0 Å². The molecule has 5 heteroatoms. The quantitative estimate of drug-likeness (QED) is 0.800. The molecule has 1 aliphatic carbocycles. The van der Waals surface area contributed by atoms with Crippen LogP contribution in [0.2, 0.25) is 0 Å². The fraction of sp³-hybridized carbons (Fsp3) is 0.611. The molecule has 0 bridgehead atoms. The van der Waals surface area contributed by atoms with Gasteiger partial charge in [-0.3, -0.25) is 0 Å². The molecule has 1 N–H and O–H groups in total. The molecule has 0 radical (unpaired) electrons. The molecule has 0 atom stereocenters. The number of nitrogens with one attached hydrogen (secondary N) is 1. The maximum atomic E-state index is 12.3. The van der Waals surface area contributed by atoms with E-state index in [1.165, 1.54) is 11.1 Å². The molecule has 0 spiro atoms. The standard InChI is InChI=1S/C18H29N3O2/c1-20(2)11-15-7-5-6-8-16(15)12-21(3)17(22)19-13-18(9-10-18)14-23-4/h5-8H,9-14H2,1-4H3,(H,19,22). The maximum absolute atomic E-state index is 12.3. The smallest absolute Gasteiger partial charge is 0.317 e. The van der Waals surface area contributed by atoms with Gasteiger partial charge in [0.15, 0.2) is 0 Å². The first kappa shape index (κ1) is 17.8. The Labute approximate surface area is 139 Å². The van der Waals surface area contributed by atoms with Crippen LogP contribution in [0.15, 0.2) is 24.3 Å². The molecule has 128 valence electrons. The van der Waals surface area contributed by atoms with Gasteiger partial charge in [-0.15, -0.1) is 0 Å². The van der Waals surface area contributed by atoms with E-state index in [0.29, 0.717) is 13.1 Å². The highest BCUT2D eigenvalue weighted by Crippen LogP contribution is 2.45. The van der Waals surface area contributed by atoms with Gasteiger partial charge in [0.2, 0.25) is 0 Å². The first-order chi connectivity index (χ1) is 11.0. The van der Waals surface area contributed by atoms with Gasteiger partial charge in [-0.1, -0.05) is 24.3 Å². The summed E-state index contributed by atoms with van der Waals surface area (Å²) in [6, 6.07) is 8.27. The molecular weight excluding hydrogens is 290 g/mol. The molecule has 0 aliphatic heterocycles. The van der Waals surface area contributed by atoms with Crippen molar-refractivity contribution >= 4 is 6.03 Å². The number of carbonyl (C=O) groups excluding carboxylic acids is 1. The highest BCUT2D eigenvalue weighted by Gasteiger charge is 2.42. The number of amides is 2. The first-order valence-corrected chi connectivity index (χ1v) is 8.15. The van der Waals surface area contributed by atoms with E-state index in [9.17, 15) is 4.79 Å². The van der Waals surface area contributed by atoms with Crippen LogP contribution in [0.1, 0.15) is 24.0 Å². The van der Waals surface area contributed by atoms with Crippen LogP contribution in [0.4, 0.5) is 4.79 Å². The average molecular weight is 319 g/mol. The predicted molar refractivity (Wildman–Crippen MR) is 92.2 cm³/mol. The lowest BCUT2D eigenvalue weighted by molar-refractivity contribution is 0.138. The van der Waals surface area contributed by atoms with E-state index in [2.05, 4.69) is 36.4 Å². The largest absolute Gasteiger partial charge is 0.384 e. The number of urea groups is 1. The topological polar surface area (TPSA) is 44.8 Å². The lowest BCUT2D eigenvalue weighted by Gasteiger charge is -2.22. The van der Waals surface area contributed by atoms with Gasteiger partial charge in [0.05, 0.1) is 6.61 Å². The van der Waals surface area contributed by atoms with Crippen molar-refractivity contribution in [3.8, 4) is 0 Å². The van der Waals surface area contributed by atoms with Gasteiger partial charge < -0.3 is 19.9 Å². The van der Waals surface area contributed by atoms with Crippen LogP contribution in [0, 0.1) is 5.41 Å². The van der Waals surface area contributed by atoms with E-state index in [4.69, 9.17) is 4.74 Å². The van der Waals surface area contributed by atoms with Crippen molar-refractivity contribution in [2.24, 2.45) is 5.41 Å². The Morgan fingerprint density at radius 1 is 1.17 bits per heavy atom. The molecular formula is C18H29N3O2. The number of rotatable bonds is 8. The Morgan fingerprint density at radius 2 is 1.78 bits per heavy atom. The summed E-state index contributed by atoms with van der Waals surface area (Å²) in [5.74, 6) is 0. The van der Waals surface area contributed by atoms with E-state index in [1.54, 1.807) is 12.0 Å². The highest BCUT2D eigenvalue weighted by atomic mass is 16.5. The van der Waals surface area contributed by atoms with Crippen LogP contribution in [0.25, 0.3) is 0 Å². The molecule has 0 aromatic heterocycles. The second-order valence-electron chi connectivity index (χ2n) is 6.95. The van der Waals surface area contributed by atoms with Crippen molar-refractivity contribution in [3.05, 3.63) is 35.4 Å². The Bertz CT molecular complexity index is 527. The number of methoxy groups -OCH3 is 1. The highest BCUT2D eigenvalue weighted by molar-refractivity contribution is 5.74. The minimum atomic E-state index is -0.0213. The number of hydrogen-bond acceptors (Lipinski definition) is 3. The SMILES string of the molecule is COCC1(CNC(=O)N(C)Cc2ccccc2CN(C)C)CC1. The fourth-order valence-electron chi connectivity index (χ4n) is 2.79. The average Bonchev–Trinajstić information content (AvgIpc) is 3.27. The zero-order valence-corrected chi connectivity index (χ0v) is 14.8. The van der Waals surface area contributed by atoms with Crippen molar-refractivity contribution < 1.29 is 9.53 Å². The molecule has 0 unspecified atom stereocenters. The van der Waals surface area contributed by atoms with Gasteiger partial charge >= 0.3 is 6.03 Å². The Hall–Kier alpha value is -1.59. The van der Waals surface area contributed by atoms with E-state index in [1.807, 2.05) is 19.2 Å². The molecule has 5 nitrogen and oxygen atoms in total. The van der Waals surface area contributed by atoms with Crippen LogP contribution in [0.5, 0.6) is 0 Å². The van der Waals surface area contributed by atoms with Gasteiger partial charge in [0, 0.05) is 39.2 Å². The number of ether oxygens (including phenoxy) is 1. The molecule has 1 aliphatic rings. The summed E-state index contributed by atoms with van der Waals surface area (Å²) in [7, 11) is 7.67. The molecule has 1 aromatic rings. The molecule has 0 saturated heterocycles. The Balaban J connectivity index is 1.88. The molecule has 0 heterocycles. The van der Waals surface area contributed by atoms with Gasteiger partial charge in [-0.25, -0.2) is 4.79 Å². The van der Waals surface area contributed by atoms with Gasteiger partial charge in [0.1, 0.15) is 0 Å². The van der Waals surface area contributed by atoms with Crippen molar-refractivity contribution in [1.29, 1.82) is 0 Å². The zero-order chi connectivity index (χ0) is 16.9. The number of benzene rings is 1. The van der Waals surface area contributed by atoms with Crippen LogP contribution in [-0.2, 0) is 17.8 Å². The summed E-state index contributed by atoms with van der Waals surface area (Å²) < 4.78 is 5.24. The first-order valence-electron chi connectivity index (χ1n) is 8.15. The van der Waals surface area contributed by atoms with Crippen molar-refractivity contribution in [1.82, 2.24) is 15.1 Å². The maximum Gasteiger partial charge on any atom is 0.317 e. The van der Waals surface area contributed by atoms with E-state index < -0.39 is 0 Å². The summed E-state index contributed by atoms with van der Waals surface area (Å²) >= 11 is 0. The number of carbonyl (C=O) groups is 1. The van der Waals surface area contributed by atoms with Gasteiger partial charge in [0.25, 0.3) is 0 Å². The molecule has 1 fully saturated rings. The third kappa shape index (κ3) is 5.22. The normalized spacial score (nSPS) is 15.5.